The summed E-state index contributed by atoms with van der Waals surface area (Å²) in [5, 5.41) is 0. The molecule has 0 amide bonds. The van der Waals surface area contributed by atoms with Crippen molar-refractivity contribution in [2.45, 2.75) is 6.04 Å². The van der Waals surface area contributed by atoms with E-state index in [-0.39, 0.29) is 6.04 Å². The maximum absolute atomic E-state index is 6.16. The topological polar surface area (TPSA) is 57.6 Å². The SMILES string of the molecule is COc1ccc(C(N)c2ccc(Br)o2)c(OC)c1. The van der Waals surface area contributed by atoms with E-state index in [0.717, 1.165) is 11.3 Å². The summed E-state index contributed by atoms with van der Waals surface area (Å²) >= 11 is 3.26. The Bertz CT molecular complexity index is 539. The van der Waals surface area contributed by atoms with Crippen LogP contribution in [0.4, 0.5) is 0 Å². The molecule has 0 fully saturated rings. The predicted molar refractivity (Wildman–Crippen MR) is 72.0 cm³/mol. The van der Waals surface area contributed by atoms with E-state index >= 15 is 0 Å². The minimum atomic E-state index is -0.378. The maximum Gasteiger partial charge on any atom is 0.169 e. The first-order valence-corrected chi connectivity index (χ1v) is 6.17. The number of ether oxygens (including phenoxy) is 2. The second-order valence-corrected chi connectivity index (χ2v) is 4.51. The van der Waals surface area contributed by atoms with Crippen molar-refractivity contribution in [2.24, 2.45) is 5.73 Å². The molecule has 0 saturated carbocycles. The van der Waals surface area contributed by atoms with Gasteiger partial charge in [0.15, 0.2) is 4.67 Å². The number of halogens is 1. The smallest absolute Gasteiger partial charge is 0.169 e. The number of hydrogen-bond donors (Lipinski definition) is 1. The van der Waals surface area contributed by atoms with Crippen molar-refractivity contribution in [3.63, 3.8) is 0 Å². The number of rotatable bonds is 4. The molecule has 4 nitrogen and oxygen atoms in total. The fraction of sp³-hybridized carbons (Fsp3) is 0.231. The lowest BCUT2D eigenvalue weighted by Crippen LogP contribution is -2.12. The number of nitrogens with two attached hydrogens (primary N) is 1. The minimum Gasteiger partial charge on any atom is -0.497 e. The molecule has 0 aliphatic carbocycles. The lowest BCUT2D eigenvalue weighted by Gasteiger charge is -2.14. The van der Waals surface area contributed by atoms with E-state index in [2.05, 4.69) is 15.9 Å². The number of hydrogen-bond acceptors (Lipinski definition) is 4. The van der Waals surface area contributed by atoms with E-state index < -0.39 is 0 Å². The van der Waals surface area contributed by atoms with Crippen LogP contribution in [0.1, 0.15) is 17.4 Å². The standard InChI is InChI=1S/C13H14BrNO3/c1-16-8-3-4-9(11(7-8)17-2)13(15)10-5-6-12(14)18-10/h3-7,13H,15H2,1-2H3. The summed E-state index contributed by atoms with van der Waals surface area (Å²) in [5.74, 6) is 2.07. The molecule has 0 saturated heterocycles. The number of furan rings is 1. The third-order valence-electron chi connectivity index (χ3n) is 2.68. The van der Waals surface area contributed by atoms with Gasteiger partial charge in [-0.25, -0.2) is 0 Å². The summed E-state index contributed by atoms with van der Waals surface area (Å²) in [7, 11) is 3.21. The van der Waals surface area contributed by atoms with Gasteiger partial charge in [0.25, 0.3) is 0 Å². The molecule has 1 heterocycles. The third kappa shape index (κ3) is 2.52. The Morgan fingerprint density at radius 2 is 1.94 bits per heavy atom. The highest BCUT2D eigenvalue weighted by molar-refractivity contribution is 9.10. The van der Waals surface area contributed by atoms with Crippen LogP contribution in [0.2, 0.25) is 0 Å². The Labute approximate surface area is 114 Å². The molecular weight excluding hydrogens is 298 g/mol. The summed E-state index contributed by atoms with van der Waals surface area (Å²) in [6, 6.07) is 8.78. The number of benzene rings is 1. The molecule has 2 aromatic rings. The van der Waals surface area contributed by atoms with E-state index in [1.54, 1.807) is 20.3 Å². The van der Waals surface area contributed by atoms with Gasteiger partial charge in [0.2, 0.25) is 0 Å². The van der Waals surface area contributed by atoms with E-state index in [0.29, 0.717) is 16.2 Å². The predicted octanol–water partition coefficient (Wildman–Crippen LogP) is 3.11. The average Bonchev–Trinajstić information content (AvgIpc) is 2.83. The van der Waals surface area contributed by atoms with Crippen molar-refractivity contribution in [1.82, 2.24) is 0 Å². The molecule has 18 heavy (non-hydrogen) atoms. The Morgan fingerprint density at radius 1 is 1.17 bits per heavy atom. The fourth-order valence-electron chi connectivity index (χ4n) is 1.72. The highest BCUT2D eigenvalue weighted by Crippen LogP contribution is 2.32. The molecule has 5 heteroatoms. The minimum absolute atomic E-state index is 0.378. The van der Waals surface area contributed by atoms with Gasteiger partial charge in [-0.15, -0.1) is 0 Å². The fourth-order valence-corrected chi connectivity index (χ4v) is 2.04. The van der Waals surface area contributed by atoms with Gasteiger partial charge >= 0.3 is 0 Å². The molecule has 2 N–H and O–H groups in total. The lowest BCUT2D eigenvalue weighted by atomic mass is 10.0. The van der Waals surface area contributed by atoms with Crippen molar-refractivity contribution in [3.05, 3.63) is 46.3 Å². The summed E-state index contributed by atoms with van der Waals surface area (Å²) in [6.07, 6.45) is 0. The lowest BCUT2D eigenvalue weighted by molar-refractivity contribution is 0.386. The van der Waals surface area contributed by atoms with Gasteiger partial charge in [0.1, 0.15) is 17.3 Å². The van der Waals surface area contributed by atoms with Gasteiger partial charge in [0.05, 0.1) is 20.3 Å². The van der Waals surface area contributed by atoms with Crippen LogP contribution in [0.25, 0.3) is 0 Å². The zero-order chi connectivity index (χ0) is 13.1. The van der Waals surface area contributed by atoms with E-state index in [1.165, 1.54) is 0 Å². The highest BCUT2D eigenvalue weighted by Gasteiger charge is 2.17. The van der Waals surface area contributed by atoms with Crippen LogP contribution in [0.5, 0.6) is 11.5 Å². The first kappa shape index (κ1) is 13.0. The Balaban J connectivity index is 2.38. The monoisotopic (exact) mass is 311 g/mol. The quantitative estimate of drug-likeness (QED) is 0.942. The van der Waals surface area contributed by atoms with Crippen LogP contribution < -0.4 is 15.2 Å². The molecule has 1 unspecified atom stereocenters. The first-order chi connectivity index (χ1) is 8.65. The summed E-state index contributed by atoms with van der Waals surface area (Å²) in [4.78, 5) is 0. The van der Waals surface area contributed by atoms with Crippen molar-refractivity contribution >= 4 is 15.9 Å². The van der Waals surface area contributed by atoms with Crippen molar-refractivity contribution in [3.8, 4) is 11.5 Å². The largest absolute Gasteiger partial charge is 0.497 e. The Morgan fingerprint density at radius 3 is 2.50 bits per heavy atom. The molecule has 0 radical (unpaired) electrons. The van der Waals surface area contributed by atoms with Crippen molar-refractivity contribution < 1.29 is 13.9 Å². The zero-order valence-corrected chi connectivity index (χ0v) is 11.7. The molecule has 0 aliphatic heterocycles. The second-order valence-electron chi connectivity index (χ2n) is 3.73. The molecule has 1 atom stereocenters. The Hall–Kier alpha value is -1.46. The van der Waals surface area contributed by atoms with Gasteiger partial charge in [0, 0.05) is 11.6 Å². The molecule has 0 aliphatic rings. The average molecular weight is 312 g/mol. The number of methoxy groups -OCH3 is 2. The van der Waals surface area contributed by atoms with Crippen LogP contribution in [0.3, 0.4) is 0 Å². The molecule has 2 rings (SSSR count). The maximum atomic E-state index is 6.16. The molecular formula is C13H14BrNO3. The summed E-state index contributed by atoms with van der Waals surface area (Å²) < 4.78 is 16.6. The molecule has 1 aromatic heterocycles. The van der Waals surface area contributed by atoms with E-state index in [9.17, 15) is 0 Å². The molecule has 1 aromatic carbocycles. The van der Waals surface area contributed by atoms with Crippen LogP contribution in [0.15, 0.2) is 39.4 Å². The normalized spacial score (nSPS) is 12.2. The molecule has 0 spiro atoms. The van der Waals surface area contributed by atoms with Gasteiger partial charge < -0.3 is 19.6 Å². The van der Waals surface area contributed by atoms with E-state index in [4.69, 9.17) is 19.6 Å². The second kappa shape index (κ2) is 5.46. The van der Waals surface area contributed by atoms with Gasteiger partial charge in [-0.3, -0.25) is 0 Å². The van der Waals surface area contributed by atoms with Crippen molar-refractivity contribution in [1.29, 1.82) is 0 Å². The first-order valence-electron chi connectivity index (χ1n) is 5.38. The molecule has 0 bridgehead atoms. The molecule has 96 valence electrons. The van der Waals surface area contributed by atoms with Gasteiger partial charge in [-0.1, -0.05) is 0 Å². The Kier molecular flexibility index (Phi) is 3.93. The van der Waals surface area contributed by atoms with Crippen LogP contribution in [-0.2, 0) is 0 Å². The summed E-state index contributed by atoms with van der Waals surface area (Å²) in [5.41, 5.74) is 7.01. The third-order valence-corrected chi connectivity index (χ3v) is 3.10. The van der Waals surface area contributed by atoms with Crippen LogP contribution >= 0.6 is 15.9 Å². The van der Waals surface area contributed by atoms with Crippen LogP contribution in [0, 0.1) is 0 Å². The summed E-state index contributed by atoms with van der Waals surface area (Å²) in [6.45, 7) is 0. The zero-order valence-electron chi connectivity index (χ0n) is 10.1. The van der Waals surface area contributed by atoms with Gasteiger partial charge in [-0.2, -0.15) is 0 Å². The van der Waals surface area contributed by atoms with Crippen molar-refractivity contribution in [2.75, 3.05) is 14.2 Å². The van der Waals surface area contributed by atoms with Crippen LogP contribution in [-0.4, -0.2) is 14.2 Å². The highest BCUT2D eigenvalue weighted by atomic mass is 79.9. The van der Waals surface area contributed by atoms with Gasteiger partial charge in [-0.05, 0) is 40.2 Å². The van der Waals surface area contributed by atoms with E-state index in [1.807, 2.05) is 24.3 Å².